The van der Waals surface area contributed by atoms with Crippen LogP contribution in [0.15, 0.2) is 64.7 Å². The highest BCUT2D eigenvalue weighted by atomic mass is 32.2. The zero-order chi connectivity index (χ0) is 18.1. The molecule has 0 saturated heterocycles. The first-order chi connectivity index (χ1) is 12.7. The lowest BCUT2D eigenvalue weighted by Gasteiger charge is -2.14. The van der Waals surface area contributed by atoms with Crippen LogP contribution in [0, 0.1) is 0 Å². The average molecular weight is 365 g/mol. The van der Waals surface area contributed by atoms with Crippen molar-refractivity contribution < 1.29 is 14.4 Å². The highest BCUT2D eigenvalue weighted by Gasteiger charge is 2.23. The number of ether oxygens (including phenoxy) is 1. The summed E-state index contributed by atoms with van der Waals surface area (Å²) in [5.74, 6) is 0.876. The zero-order valence-electron chi connectivity index (χ0n) is 14.8. The molecule has 4 nitrogen and oxygen atoms in total. The molecule has 26 heavy (non-hydrogen) atoms. The van der Waals surface area contributed by atoms with Gasteiger partial charge in [-0.2, -0.15) is 4.57 Å². The van der Waals surface area contributed by atoms with Crippen LogP contribution in [-0.4, -0.2) is 25.9 Å². The van der Waals surface area contributed by atoms with Crippen molar-refractivity contribution in [2.75, 3.05) is 25.7 Å². The van der Waals surface area contributed by atoms with E-state index in [0.717, 1.165) is 11.3 Å². The third kappa shape index (κ3) is 2.93. The van der Waals surface area contributed by atoms with Gasteiger partial charge >= 0.3 is 0 Å². The number of hydrogen-bond donors (Lipinski definition) is 1. The quantitative estimate of drug-likeness (QED) is 0.716. The summed E-state index contributed by atoms with van der Waals surface area (Å²) < 4.78 is 7.43. The van der Waals surface area contributed by atoms with E-state index in [4.69, 9.17) is 4.74 Å². The fraction of sp³-hybridized carbons (Fsp3) is 0.190. The van der Waals surface area contributed by atoms with Gasteiger partial charge in [-0.05, 0) is 35.9 Å². The van der Waals surface area contributed by atoms with E-state index < -0.39 is 0 Å². The molecule has 0 spiro atoms. The minimum Gasteiger partial charge on any atom is -0.497 e. The van der Waals surface area contributed by atoms with Crippen molar-refractivity contribution in [2.24, 2.45) is 0 Å². The Hall–Kier alpha value is -2.50. The van der Waals surface area contributed by atoms with E-state index in [2.05, 4.69) is 59.0 Å². The summed E-state index contributed by atoms with van der Waals surface area (Å²) in [6.07, 6.45) is 4.27. The fourth-order valence-corrected chi connectivity index (χ4v) is 4.41. The van der Waals surface area contributed by atoms with Crippen LogP contribution in [0.2, 0.25) is 0 Å². The molecule has 3 aromatic rings. The van der Waals surface area contributed by atoms with Crippen LogP contribution in [0.5, 0.6) is 5.75 Å². The minimum absolute atomic E-state index is 0.130. The summed E-state index contributed by atoms with van der Waals surface area (Å²) in [4.78, 5) is 3.41. The molecule has 2 heterocycles. The lowest BCUT2D eigenvalue weighted by atomic mass is 10.1. The maximum Gasteiger partial charge on any atom is 0.213 e. The van der Waals surface area contributed by atoms with E-state index in [1.165, 1.54) is 26.6 Å². The Labute approximate surface area is 157 Å². The largest absolute Gasteiger partial charge is 0.497 e. The number of pyridine rings is 1. The number of aliphatic hydroxyl groups excluding tert-OH is 1. The third-order valence-electron chi connectivity index (χ3n) is 4.65. The predicted molar refractivity (Wildman–Crippen MR) is 106 cm³/mol. The Morgan fingerprint density at radius 3 is 2.85 bits per heavy atom. The topological polar surface area (TPSA) is 36.6 Å². The average Bonchev–Trinajstić information content (AvgIpc) is 2.98. The second kappa shape index (κ2) is 7.02. The molecule has 1 aliphatic heterocycles. The Kier molecular flexibility index (Phi) is 4.57. The van der Waals surface area contributed by atoms with Crippen molar-refractivity contribution in [3.8, 4) is 5.75 Å². The molecule has 1 N–H and O–H groups in total. The first-order valence-corrected chi connectivity index (χ1v) is 9.36. The van der Waals surface area contributed by atoms with Crippen LogP contribution in [0.25, 0.3) is 17.0 Å². The van der Waals surface area contributed by atoms with Crippen LogP contribution >= 0.6 is 11.8 Å². The highest BCUT2D eigenvalue weighted by Crippen LogP contribution is 2.47. The summed E-state index contributed by atoms with van der Waals surface area (Å²) >= 11 is 1.75. The second-order valence-corrected chi connectivity index (χ2v) is 7.24. The molecule has 1 aromatic heterocycles. The van der Waals surface area contributed by atoms with E-state index in [1.54, 1.807) is 18.9 Å². The number of thioether (sulfide) groups is 1. The van der Waals surface area contributed by atoms with E-state index in [1.807, 2.05) is 18.3 Å². The van der Waals surface area contributed by atoms with Gasteiger partial charge in [0.15, 0.2) is 12.7 Å². The number of fused-ring (bicyclic) bond motifs is 2. The molecule has 132 valence electrons. The molecule has 0 atom stereocenters. The summed E-state index contributed by atoms with van der Waals surface area (Å²) in [5, 5.41) is 11.7. The van der Waals surface area contributed by atoms with E-state index >= 15 is 0 Å². The van der Waals surface area contributed by atoms with Gasteiger partial charge in [-0.3, -0.25) is 0 Å². The number of methoxy groups -OCH3 is 1. The number of nitrogens with zero attached hydrogens (tertiary/aromatic N) is 2. The Bertz CT molecular complexity index is 1000. The van der Waals surface area contributed by atoms with Crippen LogP contribution < -0.4 is 14.2 Å². The van der Waals surface area contributed by atoms with Crippen LogP contribution in [0.4, 0.5) is 5.69 Å². The van der Waals surface area contributed by atoms with Gasteiger partial charge in [0.2, 0.25) is 5.52 Å². The number of benzene rings is 2. The molecule has 1 aliphatic rings. The van der Waals surface area contributed by atoms with E-state index in [9.17, 15) is 5.11 Å². The van der Waals surface area contributed by atoms with Crippen molar-refractivity contribution in [3.63, 3.8) is 0 Å². The van der Waals surface area contributed by atoms with Crippen molar-refractivity contribution in [2.45, 2.75) is 11.4 Å². The van der Waals surface area contributed by atoms with E-state index in [-0.39, 0.29) is 6.61 Å². The van der Waals surface area contributed by atoms with Crippen molar-refractivity contribution >= 4 is 34.4 Å². The molecule has 0 amide bonds. The number of aliphatic hydroxyl groups is 1. The third-order valence-corrected chi connectivity index (χ3v) is 5.80. The zero-order valence-corrected chi connectivity index (χ0v) is 15.7. The van der Waals surface area contributed by atoms with Crippen molar-refractivity contribution in [1.82, 2.24) is 0 Å². The maximum absolute atomic E-state index is 9.30. The van der Waals surface area contributed by atoms with Gasteiger partial charge in [-0.15, -0.1) is 0 Å². The Morgan fingerprint density at radius 1 is 1.19 bits per heavy atom. The van der Waals surface area contributed by atoms with Gasteiger partial charge in [-0.25, -0.2) is 0 Å². The Balaban J connectivity index is 1.77. The second-order valence-electron chi connectivity index (χ2n) is 6.18. The lowest BCUT2D eigenvalue weighted by Crippen LogP contribution is -2.36. The van der Waals surface area contributed by atoms with Gasteiger partial charge < -0.3 is 14.7 Å². The first-order valence-electron chi connectivity index (χ1n) is 8.54. The normalized spacial score (nSPS) is 14.9. The smallest absolute Gasteiger partial charge is 0.213 e. The van der Waals surface area contributed by atoms with Crippen LogP contribution in [-0.2, 0) is 6.54 Å². The number of para-hydroxylation sites is 1. The van der Waals surface area contributed by atoms with E-state index in [0.29, 0.717) is 6.54 Å². The SMILES string of the molecule is COc1ccc2c(c1)S/C(=C/c1cc[n+](CCO)c3ccccc13)N2C. The number of hydrogen-bond acceptors (Lipinski definition) is 4. The molecule has 0 unspecified atom stereocenters. The van der Waals surface area contributed by atoms with Crippen LogP contribution in [0.3, 0.4) is 0 Å². The molecule has 2 aromatic carbocycles. The van der Waals surface area contributed by atoms with Crippen molar-refractivity contribution in [1.29, 1.82) is 0 Å². The van der Waals surface area contributed by atoms with Gasteiger partial charge in [0.1, 0.15) is 12.4 Å². The van der Waals surface area contributed by atoms with Crippen molar-refractivity contribution in [3.05, 3.63) is 65.3 Å². The molecule has 0 saturated carbocycles. The molecule has 0 fully saturated rings. The lowest BCUT2D eigenvalue weighted by molar-refractivity contribution is -0.672. The van der Waals surface area contributed by atoms with Crippen LogP contribution in [0.1, 0.15) is 5.56 Å². The standard InChI is InChI=1S/C21H21N2O2S/c1-22-19-8-7-16(25-2)14-20(19)26-21(22)13-15-9-10-23(11-12-24)18-6-4-3-5-17(15)18/h3-10,13-14,24H,11-12H2,1-2H3/q+1. The minimum atomic E-state index is 0.130. The predicted octanol–water partition coefficient (Wildman–Crippen LogP) is 3.67. The molecular formula is C21H21N2O2S+. The molecule has 0 radical (unpaired) electrons. The number of anilines is 1. The molecule has 5 heteroatoms. The first kappa shape index (κ1) is 16.9. The maximum atomic E-state index is 9.30. The van der Waals surface area contributed by atoms with Gasteiger partial charge in [0, 0.05) is 24.1 Å². The number of rotatable bonds is 4. The van der Waals surface area contributed by atoms with Gasteiger partial charge in [-0.1, -0.05) is 23.9 Å². The number of aromatic nitrogens is 1. The fourth-order valence-electron chi connectivity index (χ4n) is 3.28. The summed E-state index contributed by atoms with van der Waals surface area (Å²) in [6.45, 7) is 0.724. The molecule has 0 bridgehead atoms. The van der Waals surface area contributed by atoms with Gasteiger partial charge in [0.05, 0.1) is 23.2 Å². The Morgan fingerprint density at radius 2 is 2.04 bits per heavy atom. The molecular weight excluding hydrogens is 344 g/mol. The summed E-state index contributed by atoms with van der Waals surface area (Å²) in [5.41, 5.74) is 3.49. The van der Waals surface area contributed by atoms with Gasteiger partial charge in [0.25, 0.3) is 0 Å². The highest BCUT2D eigenvalue weighted by molar-refractivity contribution is 8.03. The monoisotopic (exact) mass is 365 g/mol. The molecule has 4 rings (SSSR count). The summed E-state index contributed by atoms with van der Waals surface area (Å²) in [7, 11) is 3.79. The summed E-state index contributed by atoms with van der Waals surface area (Å²) in [6, 6.07) is 16.6. The molecule has 0 aliphatic carbocycles.